The molecule has 0 aliphatic heterocycles. The van der Waals surface area contributed by atoms with Gasteiger partial charge < -0.3 is 10.2 Å². The van der Waals surface area contributed by atoms with E-state index in [-0.39, 0.29) is 30.2 Å². The molecule has 0 saturated heterocycles. The summed E-state index contributed by atoms with van der Waals surface area (Å²) in [6, 6.07) is 24.9. The van der Waals surface area contributed by atoms with Crippen LogP contribution in [0, 0.1) is 6.92 Å². The van der Waals surface area contributed by atoms with E-state index in [1.165, 1.54) is 11.1 Å². The monoisotopic (exact) mass is 508 g/mol. The minimum absolute atomic E-state index is 0.0334. The Morgan fingerprint density at radius 2 is 1.57 bits per heavy atom. The van der Waals surface area contributed by atoms with Crippen LogP contribution in [0.4, 0.5) is 0 Å². The fourth-order valence-electron chi connectivity index (χ4n) is 3.77. The van der Waals surface area contributed by atoms with E-state index in [1.54, 1.807) is 16.7 Å². The summed E-state index contributed by atoms with van der Waals surface area (Å²) >= 11 is 8.01. The van der Waals surface area contributed by atoms with Crippen LogP contribution in [0.15, 0.2) is 78.9 Å². The zero-order valence-electron chi connectivity index (χ0n) is 20.5. The molecule has 0 fully saturated rings. The topological polar surface area (TPSA) is 49.4 Å². The van der Waals surface area contributed by atoms with Crippen molar-refractivity contribution in [3.8, 4) is 0 Å². The van der Waals surface area contributed by atoms with Crippen LogP contribution in [0.1, 0.15) is 36.1 Å². The number of nitrogens with one attached hydrogen (secondary N) is 1. The van der Waals surface area contributed by atoms with Crippen molar-refractivity contribution in [3.63, 3.8) is 0 Å². The van der Waals surface area contributed by atoms with Crippen LogP contribution in [-0.4, -0.2) is 34.6 Å². The fraction of sp³-hybridized carbons (Fsp3) is 0.310. The van der Waals surface area contributed by atoms with Crippen molar-refractivity contribution in [1.29, 1.82) is 0 Å². The first kappa shape index (κ1) is 26.8. The normalized spacial score (nSPS) is 11.8. The van der Waals surface area contributed by atoms with Crippen LogP contribution in [0.5, 0.6) is 0 Å². The fourth-order valence-corrected chi connectivity index (χ4v) is 4.83. The van der Waals surface area contributed by atoms with Gasteiger partial charge in [-0.25, -0.2) is 0 Å². The van der Waals surface area contributed by atoms with Gasteiger partial charge in [0.05, 0.1) is 5.75 Å². The van der Waals surface area contributed by atoms with Crippen LogP contribution in [0.25, 0.3) is 0 Å². The van der Waals surface area contributed by atoms with Crippen LogP contribution in [-0.2, 0) is 28.3 Å². The van der Waals surface area contributed by atoms with Crippen LogP contribution < -0.4 is 5.32 Å². The molecule has 0 bridgehead atoms. The SMILES string of the molecule is Cc1ccc(CSCC(=O)N(Cc2ccccc2Cl)[C@@H](Cc2ccccc2)C(=O)NC(C)C)cc1. The van der Waals surface area contributed by atoms with E-state index >= 15 is 0 Å². The smallest absolute Gasteiger partial charge is 0.243 e. The molecule has 0 spiro atoms. The van der Waals surface area contributed by atoms with Gasteiger partial charge >= 0.3 is 0 Å². The molecular weight excluding hydrogens is 476 g/mol. The van der Waals surface area contributed by atoms with Gasteiger partial charge in [0.25, 0.3) is 0 Å². The molecular formula is C29H33ClN2O2S. The minimum Gasteiger partial charge on any atom is -0.352 e. The molecule has 3 rings (SSSR count). The summed E-state index contributed by atoms with van der Waals surface area (Å²) in [5, 5.41) is 3.60. The first-order valence-corrected chi connectivity index (χ1v) is 13.4. The largest absolute Gasteiger partial charge is 0.352 e. The third-order valence-corrected chi connectivity index (χ3v) is 6.97. The van der Waals surface area contributed by atoms with E-state index in [9.17, 15) is 9.59 Å². The van der Waals surface area contributed by atoms with Crippen molar-refractivity contribution >= 4 is 35.2 Å². The lowest BCUT2D eigenvalue weighted by Crippen LogP contribution is -2.52. The van der Waals surface area contributed by atoms with E-state index in [0.29, 0.717) is 11.4 Å². The maximum Gasteiger partial charge on any atom is 0.243 e. The summed E-state index contributed by atoms with van der Waals surface area (Å²) in [7, 11) is 0. The summed E-state index contributed by atoms with van der Waals surface area (Å²) in [5.41, 5.74) is 4.20. The van der Waals surface area contributed by atoms with E-state index in [1.807, 2.05) is 68.4 Å². The number of rotatable bonds is 11. The first-order chi connectivity index (χ1) is 16.8. The van der Waals surface area contributed by atoms with Crippen molar-refractivity contribution in [2.75, 3.05) is 5.75 Å². The third kappa shape index (κ3) is 8.44. The molecule has 4 nitrogen and oxygen atoms in total. The average molecular weight is 509 g/mol. The highest BCUT2D eigenvalue weighted by Gasteiger charge is 2.31. The maximum absolute atomic E-state index is 13.6. The van der Waals surface area contributed by atoms with E-state index in [2.05, 4.69) is 36.5 Å². The lowest BCUT2D eigenvalue weighted by atomic mass is 10.0. The number of carbonyl (C=O) groups excluding carboxylic acids is 2. The van der Waals surface area contributed by atoms with Gasteiger partial charge in [0.2, 0.25) is 11.8 Å². The zero-order valence-corrected chi connectivity index (χ0v) is 22.1. The van der Waals surface area contributed by atoms with Gasteiger partial charge in [-0.1, -0.05) is 90.0 Å². The Balaban J connectivity index is 1.85. The summed E-state index contributed by atoms with van der Waals surface area (Å²) < 4.78 is 0. The Kier molecular flexibility index (Phi) is 10.2. The third-order valence-electron chi connectivity index (χ3n) is 5.62. The van der Waals surface area contributed by atoms with E-state index in [0.717, 1.165) is 16.9 Å². The van der Waals surface area contributed by atoms with Crippen LogP contribution >= 0.6 is 23.4 Å². The molecule has 0 aliphatic carbocycles. The van der Waals surface area contributed by atoms with Gasteiger partial charge in [-0.05, 0) is 43.5 Å². The molecule has 35 heavy (non-hydrogen) atoms. The maximum atomic E-state index is 13.6. The van der Waals surface area contributed by atoms with Gasteiger partial charge in [-0.3, -0.25) is 9.59 Å². The number of hydrogen-bond acceptors (Lipinski definition) is 3. The Labute approximate surface area is 218 Å². The number of hydrogen-bond donors (Lipinski definition) is 1. The highest BCUT2D eigenvalue weighted by molar-refractivity contribution is 7.99. The van der Waals surface area contributed by atoms with Crippen LogP contribution in [0.2, 0.25) is 5.02 Å². The standard InChI is InChI=1S/C29H33ClN2O2S/c1-21(2)31-29(34)27(17-23-9-5-4-6-10-23)32(18-25-11-7-8-12-26(25)30)28(33)20-35-19-24-15-13-22(3)14-16-24/h4-16,21,27H,17-20H2,1-3H3,(H,31,34)/t27-/m0/s1. The molecule has 2 amide bonds. The summed E-state index contributed by atoms with van der Waals surface area (Å²) in [6.45, 7) is 6.18. The quantitative estimate of drug-likeness (QED) is 0.343. The molecule has 3 aromatic carbocycles. The Hall–Kier alpha value is -2.76. The number of halogens is 1. The van der Waals surface area contributed by atoms with Crippen molar-refractivity contribution in [3.05, 3.63) is 106 Å². The second kappa shape index (κ2) is 13.4. The van der Waals surface area contributed by atoms with Gasteiger partial charge in [0, 0.05) is 29.8 Å². The molecule has 0 aromatic heterocycles. The van der Waals surface area contributed by atoms with Crippen molar-refractivity contribution in [1.82, 2.24) is 10.2 Å². The summed E-state index contributed by atoms with van der Waals surface area (Å²) in [6.07, 6.45) is 0.429. The van der Waals surface area contributed by atoms with Crippen molar-refractivity contribution < 1.29 is 9.59 Å². The predicted octanol–water partition coefficient (Wildman–Crippen LogP) is 6.05. The van der Waals surface area contributed by atoms with Crippen LogP contribution in [0.3, 0.4) is 0 Å². The number of thioether (sulfide) groups is 1. The molecule has 3 aromatic rings. The molecule has 1 atom stereocenters. The molecule has 0 heterocycles. The molecule has 0 unspecified atom stereocenters. The van der Waals surface area contributed by atoms with E-state index in [4.69, 9.17) is 11.6 Å². The molecule has 1 N–H and O–H groups in total. The zero-order chi connectivity index (χ0) is 25.2. The highest BCUT2D eigenvalue weighted by Crippen LogP contribution is 2.22. The Bertz CT molecular complexity index is 1100. The molecule has 184 valence electrons. The lowest BCUT2D eigenvalue weighted by Gasteiger charge is -2.32. The molecule has 6 heteroatoms. The van der Waals surface area contributed by atoms with Crippen molar-refractivity contribution in [2.24, 2.45) is 0 Å². The summed E-state index contributed by atoms with van der Waals surface area (Å²) in [4.78, 5) is 28.7. The highest BCUT2D eigenvalue weighted by atomic mass is 35.5. The summed E-state index contributed by atoms with van der Waals surface area (Å²) in [5.74, 6) is 0.765. The Morgan fingerprint density at radius 3 is 2.23 bits per heavy atom. The predicted molar refractivity (Wildman–Crippen MR) is 147 cm³/mol. The Morgan fingerprint density at radius 1 is 0.914 bits per heavy atom. The van der Waals surface area contributed by atoms with Crippen molar-refractivity contribution in [2.45, 2.75) is 51.6 Å². The van der Waals surface area contributed by atoms with Gasteiger partial charge in [0.15, 0.2) is 0 Å². The first-order valence-electron chi connectivity index (χ1n) is 11.8. The van der Waals surface area contributed by atoms with Gasteiger partial charge in [-0.2, -0.15) is 0 Å². The van der Waals surface area contributed by atoms with Gasteiger partial charge in [-0.15, -0.1) is 11.8 Å². The molecule has 0 aliphatic rings. The van der Waals surface area contributed by atoms with Gasteiger partial charge in [0.1, 0.15) is 6.04 Å². The van der Waals surface area contributed by atoms with E-state index < -0.39 is 6.04 Å². The molecule has 0 saturated carbocycles. The average Bonchev–Trinajstić information content (AvgIpc) is 2.83. The number of carbonyl (C=O) groups is 2. The second-order valence-corrected chi connectivity index (χ2v) is 10.4. The number of amides is 2. The number of nitrogens with zero attached hydrogens (tertiary/aromatic N) is 1. The molecule has 0 radical (unpaired) electrons. The number of benzene rings is 3. The lowest BCUT2D eigenvalue weighted by molar-refractivity contribution is -0.139. The number of aryl methyl sites for hydroxylation is 1. The minimum atomic E-state index is -0.649. The second-order valence-electron chi connectivity index (χ2n) is 8.96.